The van der Waals surface area contributed by atoms with Crippen LogP contribution in [0.2, 0.25) is 0 Å². The van der Waals surface area contributed by atoms with Crippen LogP contribution in [0.15, 0.2) is 36.9 Å². The Hall–Kier alpha value is -1.33. The first-order valence-electron chi connectivity index (χ1n) is 4.85. The summed E-state index contributed by atoms with van der Waals surface area (Å²) in [7, 11) is -1.79. The summed E-state index contributed by atoms with van der Waals surface area (Å²) in [5.74, 6) is -0.0794. The third kappa shape index (κ3) is 3.08. The Morgan fingerprint density at radius 2 is 2.06 bits per heavy atom. The zero-order valence-corrected chi connectivity index (χ0v) is 10.1. The molecule has 4 nitrogen and oxygen atoms in total. The van der Waals surface area contributed by atoms with Gasteiger partial charge in [0.1, 0.15) is 0 Å². The van der Waals surface area contributed by atoms with E-state index in [0.717, 1.165) is 0 Å². The Morgan fingerprint density at radius 3 is 2.62 bits per heavy atom. The normalized spacial score (nSPS) is 11.6. The molecule has 0 heterocycles. The van der Waals surface area contributed by atoms with Gasteiger partial charge in [-0.3, -0.25) is 0 Å². The second-order valence-corrected chi connectivity index (χ2v) is 5.60. The predicted octanol–water partition coefficient (Wildman–Crippen LogP) is 1.22. The molecule has 0 saturated heterocycles. The van der Waals surface area contributed by atoms with Crippen molar-refractivity contribution in [2.45, 2.75) is 5.75 Å². The van der Waals surface area contributed by atoms with Gasteiger partial charge in [-0.15, -0.1) is 6.58 Å². The van der Waals surface area contributed by atoms with Crippen molar-refractivity contribution in [3.05, 3.63) is 42.5 Å². The van der Waals surface area contributed by atoms with Gasteiger partial charge in [-0.05, 0) is 11.6 Å². The number of anilines is 1. The molecular formula is C11H16N2O2S. The second-order valence-electron chi connectivity index (χ2n) is 3.52. The highest BCUT2D eigenvalue weighted by Crippen LogP contribution is 2.15. The van der Waals surface area contributed by atoms with Crippen LogP contribution in [-0.2, 0) is 15.8 Å². The molecule has 16 heavy (non-hydrogen) atoms. The lowest BCUT2D eigenvalue weighted by Crippen LogP contribution is -2.28. The third-order valence-electron chi connectivity index (χ3n) is 2.25. The number of likely N-dealkylation sites (N-methyl/N-ethyl adjacent to an activating group) is 1. The van der Waals surface area contributed by atoms with Gasteiger partial charge in [0.2, 0.25) is 10.0 Å². The number of para-hydroxylation sites is 1. The molecule has 0 aliphatic rings. The van der Waals surface area contributed by atoms with E-state index >= 15 is 0 Å². The second kappa shape index (κ2) is 5.14. The van der Waals surface area contributed by atoms with Crippen LogP contribution in [0, 0.1) is 0 Å². The summed E-state index contributed by atoms with van der Waals surface area (Å²) < 4.78 is 25.0. The minimum atomic E-state index is -3.32. The van der Waals surface area contributed by atoms with Gasteiger partial charge in [0, 0.05) is 19.3 Å². The fraction of sp³-hybridized carbons (Fsp3) is 0.273. The summed E-state index contributed by atoms with van der Waals surface area (Å²) in [5, 5.41) is 0. The van der Waals surface area contributed by atoms with Crippen molar-refractivity contribution in [1.82, 2.24) is 4.31 Å². The van der Waals surface area contributed by atoms with Gasteiger partial charge in [-0.1, -0.05) is 24.3 Å². The average molecular weight is 240 g/mol. The Kier molecular flexibility index (Phi) is 4.09. The van der Waals surface area contributed by atoms with Crippen molar-refractivity contribution in [1.29, 1.82) is 0 Å². The van der Waals surface area contributed by atoms with Crippen LogP contribution in [0.3, 0.4) is 0 Å². The number of benzene rings is 1. The molecule has 0 aliphatic heterocycles. The van der Waals surface area contributed by atoms with Crippen LogP contribution in [0.25, 0.3) is 0 Å². The van der Waals surface area contributed by atoms with Gasteiger partial charge < -0.3 is 5.73 Å². The molecule has 0 unspecified atom stereocenters. The highest BCUT2D eigenvalue weighted by molar-refractivity contribution is 7.88. The van der Waals surface area contributed by atoms with Crippen LogP contribution >= 0.6 is 0 Å². The summed E-state index contributed by atoms with van der Waals surface area (Å²) in [5.41, 5.74) is 6.82. The minimum absolute atomic E-state index is 0.0794. The minimum Gasteiger partial charge on any atom is -0.398 e. The zero-order valence-electron chi connectivity index (χ0n) is 9.26. The van der Waals surface area contributed by atoms with Gasteiger partial charge in [-0.25, -0.2) is 12.7 Å². The lowest BCUT2D eigenvalue weighted by molar-refractivity contribution is 0.498. The summed E-state index contributed by atoms with van der Waals surface area (Å²) in [6.45, 7) is 3.81. The van der Waals surface area contributed by atoms with Crippen molar-refractivity contribution in [2.24, 2.45) is 0 Å². The number of sulfonamides is 1. The van der Waals surface area contributed by atoms with E-state index in [0.29, 0.717) is 17.8 Å². The van der Waals surface area contributed by atoms with Crippen molar-refractivity contribution in [3.8, 4) is 0 Å². The van der Waals surface area contributed by atoms with Gasteiger partial charge >= 0.3 is 0 Å². The first-order valence-corrected chi connectivity index (χ1v) is 6.46. The molecule has 0 aliphatic carbocycles. The Morgan fingerprint density at radius 1 is 1.44 bits per heavy atom. The number of hydrogen-bond donors (Lipinski definition) is 1. The first-order chi connectivity index (χ1) is 7.47. The van der Waals surface area contributed by atoms with Crippen molar-refractivity contribution >= 4 is 15.7 Å². The molecule has 1 rings (SSSR count). The third-order valence-corrected chi connectivity index (χ3v) is 4.03. The van der Waals surface area contributed by atoms with Crippen LogP contribution in [-0.4, -0.2) is 26.3 Å². The molecule has 0 aromatic heterocycles. The molecule has 1 aromatic rings. The van der Waals surface area contributed by atoms with Gasteiger partial charge in [-0.2, -0.15) is 0 Å². The lowest BCUT2D eigenvalue weighted by Gasteiger charge is -2.15. The van der Waals surface area contributed by atoms with Gasteiger partial charge in [0.15, 0.2) is 0 Å². The predicted molar refractivity (Wildman–Crippen MR) is 66.3 cm³/mol. The van der Waals surface area contributed by atoms with E-state index in [-0.39, 0.29) is 5.75 Å². The maximum Gasteiger partial charge on any atom is 0.218 e. The Balaban J connectivity index is 2.89. The van der Waals surface area contributed by atoms with Gasteiger partial charge in [0.25, 0.3) is 0 Å². The smallest absolute Gasteiger partial charge is 0.218 e. The number of nitrogens with two attached hydrogens (primary N) is 1. The van der Waals surface area contributed by atoms with E-state index in [4.69, 9.17) is 5.73 Å². The van der Waals surface area contributed by atoms with Crippen molar-refractivity contribution < 1.29 is 8.42 Å². The van der Waals surface area contributed by atoms with Crippen LogP contribution in [0.1, 0.15) is 5.56 Å². The molecular weight excluding hydrogens is 224 g/mol. The van der Waals surface area contributed by atoms with E-state index in [1.54, 1.807) is 30.3 Å². The van der Waals surface area contributed by atoms with Gasteiger partial charge in [0.05, 0.1) is 5.75 Å². The molecule has 0 amide bonds. The van der Waals surface area contributed by atoms with E-state index < -0.39 is 10.0 Å². The van der Waals surface area contributed by atoms with E-state index in [2.05, 4.69) is 6.58 Å². The summed E-state index contributed by atoms with van der Waals surface area (Å²) in [4.78, 5) is 0. The SMILES string of the molecule is C=CCN(C)S(=O)(=O)Cc1ccccc1N. The molecule has 0 bridgehead atoms. The molecule has 0 saturated carbocycles. The summed E-state index contributed by atoms with van der Waals surface area (Å²) >= 11 is 0. The molecule has 0 spiro atoms. The maximum atomic E-state index is 11.9. The summed E-state index contributed by atoms with van der Waals surface area (Å²) in [6.07, 6.45) is 1.55. The Bertz CT molecular complexity index is 469. The standard InChI is InChI=1S/C11H16N2O2S/c1-3-8-13(2)16(14,15)9-10-6-4-5-7-11(10)12/h3-7H,1,8-9,12H2,2H3. The van der Waals surface area contributed by atoms with Crippen LogP contribution < -0.4 is 5.73 Å². The van der Waals surface area contributed by atoms with Crippen molar-refractivity contribution in [2.75, 3.05) is 19.3 Å². The molecule has 1 aromatic carbocycles. The summed E-state index contributed by atoms with van der Waals surface area (Å²) in [6, 6.07) is 6.96. The van der Waals surface area contributed by atoms with Crippen LogP contribution in [0.5, 0.6) is 0 Å². The molecule has 0 radical (unpaired) electrons. The molecule has 88 valence electrons. The fourth-order valence-corrected chi connectivity index (χ4v) is 2.48. The number of nitrogen functional groups attached to an aromatic ring is 1. The number of nitrogens with zero attached hydrogens (tertiary/aromatic N) is 1. The number of hydrogen-bond acceptors (Lipinski definition) is 3. The highest BCUT2D eigenvalue weighted by Gasteiger charge is 2.18. The topological polar surface area (TPSA) is 63.4 Å². The largest absolute Gasteiger partial charge is 0.398 e. The van der Waals surface area contributed by atoms with Crippen LogP contribution in [0.4, 0.5) is 5.69 Å². The zero-order chi connectivity index (χ0) is 12.2. The average Bonchev–Trinajstić information content (AvgIpc) is 2.21. The monoisotopic (exact) mass is 240 g/mol. The quantitative estimate of drug-likeness (QED) is 0.621. The highest BCUT2D eigenvalue weighted by atomic mass is 32.2. The number of rotatable bonds is 5. The maximum absolute atomic E-state index is 11.9. The molecule has 5 heteroatoms. The van der Waals surface area contributed by atoms with E-state index in [1.807, 2.05) is 0 Å². The first kappa shape index (κ1) is 12.7. The molecule has 0 atom stereocenters. The fourth-order valence-electron chi connectivity index (χ4n) is 1.27. The Labute approximate surface area is 96.4 Å². The van der Waals surface area contributed by atoms with E-state index in [1.165, 1.54) is 11.4 Å². The lowest BCUT2D eigenvalue weighted by atomic mass is 10.2. The van der Waals surface area contributed by atoms with E-state index in [9.17, 15) is 8.42 Å². The van der Waals surface area contributed by atoms with Crippen molar-refractivity contribution in [3.63, 3.8) is 0 Å². The molecule has 2 N–H and O–H groups in total. The molecule has 0 fully saturated rings.